The molecule has 9 nitrogen and oxygen atoms in total. The van der Waals surface area contributed by atoms with Crippen molar-refractivity contribution in [3.05, 3.63) is 113 Å². The van der Waals surface area contributed by atoms with Crippen LogP contribution in [-0.2, 0) is 27.8 Å². The molecule has 266 valence electrons. The van der Waals surface area contributed by atoms with Gasteiger partial charge in [-0.1, -0.05) is 61.4 Å². The molecule has 0 radical (unpaired) electrons. The molecule has 11 heteroatoms. The number of rotatable bonds is 12. The van der Waals surface area contributed by atoms with Crippen LogP contribution < -0.4 is 15.4 Å². The lowest BCUT2D eigenvalue weighted by Crippen LogP contribution is -2.49. The summed E-state index contributed by atoms with van der Waals surface area (Å²) < 4.78 is 39.1. The Morgan fingerprint density at radius 1 is 0.940 bits per heavy atom. The van der Waals surface area contributed by atoms with Crippen LogP contribution in [0.1, 0.15) is 100 Å². The Kier molecular flexibility index (Phi) is 11.0. The van der Waals surface area contributed by atoms with Gasteiger partial charge in [0, 0.05) is 6.54 Å². The second kappa shape index (κ2) is 14.9. The lowest BCUT2D eigenvalue weighted by Gasteiger charge is -2.38. The summed E-state index contributed by atoms with van der Waals surface area (Å²) in [5, 5.41) is 10.1. The molecule has 1 saturated carbocycles. The molecule has 0 spiro atoms. The average Bonchev–Trinajstić information content (AvgIpc) is 3.80. The number of nitrogens with one attached hydrogen (secondary N) is 3. The van der Waals surface area contributed by atoms with Gasteiger partial charge in [-0.15, -0.1) is 0 Å². The van der Waals surface area contributed by atoms with Gasteiger partial charge in [-0.2, -0.15) is 5.10 Å². The van der Waals surface area contributed by atoms with Crippen molar-refractivity contribution in [1.29, 1.82) is 0 Å². The molecular formula is C39H48FN5O4S. The highest BCUT2D eigenvalue weighted by Crippen LogP contribution is 2.42. The van der Waals surface area contributed by atoms with Gasteiger partial charge in [0.25, 0.3) is 5.91 Å². The molecule has 0 aliphatic heterocycles. The van der Waals surface area contributed by atoms with E-state index < -0.39 is 44.7 Å². The molecule has 4 aromatic rings. The normalized spacial score (nSPS) is 15.2. The first-order chi connectivity index (χ1) is 23.5. The lowest BCUT2D eigenvalue weighted by molar-refractivity contribution is 0.0523. The van der Waals surface area contributed by atoms with E-state index in [0.717, 1.165) is 30.4 Å². The number of halogens is 1. The van der Waals surface area contributed by atoms with Gasteiger partial charge in [0.1, 0.15) is 17.1 Å². The number of alkyl carbamates (subject to hydrolysis) is 1. The first-order valence-electron chi connectivity index (χ1n) is 17.0. The standard InChI is InChI=1S/C39H48FN5O4S/c1-26-22-34(45(43-26)31-15-11-12-28(23-31)25-41-36(47)49-37(2,3)4)35(46)42-33-24-30(18-19-32(33)40)39(21-20-27-16-17-27,29-13-9-8-10-14-29)44-50(48)38(5,6)7/h8-15,18-19,22-24,27,44H,16-17,20-21,25H2,1-7H3,(H,41,47)(H,42,46)/t39?,50-/m1/s1. The number of carbonyl (C=O) groups is 2. The van der Waals surface area contributed by atoms with Crippen LogP contribution in [0.15, 0.2) is 78.9 Å². The molecule has 1 fully saturated rings. The van der Waals surface area contributed by atoms with E-state index >= 15 is 4.39 Å². The molecule has 3 aromatic carbocycles. The Hall–Kier alpha value is -4.35. The monoisotopic (exact) mass is 701 g/mol. The van der Waals surface area contributed by atoms with Crippen LogP contribution in [0.25, 0.3) is 5.69 Å². The van der Waals surface area contributed by atoms with E-state index in [1.807, 2.05) is 69.3 Å². The number of carbonyl (C=O) groups excluding carboxylic acids is 2. The van der Waals surface area contributed by atoms with E-state index in [2.05, 4.69) is 20.5 Å². The molecule has 50 heavy (non-hydrogen) atoms. The van der Waals surface area contributed by atoms with Crippen LogP contribution in [0.2, 0.25) is 0 Å². The zero-order valence-corrected chi connectivity index (χ0v) is 30.7. The number of hydrogen-bond acceptors (Lipinski definition) is 5. The predicted molar refractivity (Wildman–Crippen MR) is 196 cm³/mol. The van der Waals surface area contributed by atoms with Crippen LogP contribution in [-0.4, -0.2) is 36.3 Å². The van der Waals surface area contributed by atoms with E-state index in [4.69, 9.17) is 4.74 Å². The lowest BCUT2D eigenvalue weighted by atomic mass is 9.79. The highest BCUT2D eigenvalue weighted by Gasteiger charge is 2.40. The highest BCUT2D eigenvalue weighted by molar-refractivity contribution is 7.84. The summed E-state index contributed by atoms with van der Waals surface area (Å²) in [4.78, 5) is 26.1. The molecule has 1 aliphatic carbocycles. The third-order valence-electron chi connectivity index (χ3n) is 8.48. The fourth-order valence-electron chi connectivity index (χ4n) is 5.70. The summed E-state index contributed by atoms with van der Waals surface area (Å²) in [5.41, 5.74) is 2.27. The molecule has 5 rings (SSSR count). The molecule has 1 unspecified atom stereocenters. The highest BCUT2D eigenvalue weighted by atomic mass is 32.2. The minimum atomic E-state index is -1.46. The summed E-state index contributed by atoms with van der Waals surface area (Å²) in [6.45, 7) is 13.1. The van der Waals surface area contributed by atoms with Crippen molar-refractivity contribution < 1.29 is 22.9 Å². The van der Waals surface area contributed by atoms with E-state index in [-0.39, 0.29) is 17.9 Å². The first kappa shape index (κ1) is 36.9. The van der Waals surface area contributed by atoms with Gasteiger partial charge < -0.3 is 15.4 Å². The molecule has 2 atom stereocenters. The van der Waals surface area contributed by atoms with Gasteiger partial charge in [0.15, 0.2) is 0 Å². The van der Waals surface area contributed by atoms with E-state index in [1.165, 1.54) is 10.7 Å². The van der Waals surface area contributed by atoms with Gasteiger partial charge in [0.05, 0.1) is 38.3 Å². The van der Waals surface area contributed by atoms with Crippen molar-refractivity contribution in [1.82, 2.24) is 19.8 Å². The Morgan fingerprint density at radius 3 is 2.32 bits per heavy atom. The summed E-state index contributed by atoms with van der Waals surface area (Å²) in [6, 6.07) is 23.5. The van der Waals surface area contributed by atoms with E-state index in [9.17, 15) is 13.8 Å². The number of aromatic nitrogens is 2. The zero-order valence-electron chi connectivity index (χ0n) is 29.9. The van der Waals surface area contributed by atoms with Crippen molar-refractivity contribution in [3.63, 3.8) is 0 Å². The third-order valence-corrected chi connectivity index (χ3v) is 10.1. The van der Waals surface area contributed by atoms with Crippen LogP contribution >= 0.6 is 0 Å². The Balaban J connectivity index is 1.46. The number of aryl methyl sites for hydroxylation is 1. The molecule has 1 heterocycles. The maximum Gasteiger partial charge on any atom is 0.407 e. The van der Waals surface area contributed by atoms with Crippen LogP contribution in [0.5, 0.6) is 0 Å². The van der Waals surface area contributed by atoms with Gasteiger partial charge in [-0.3, -0.25) is 4.79 Å². The smallest absolute Gasteiger partial charge is 0.407 e. The minimum absolute atomic E-state index is 0.00304. The molecular weight excluding hydrogens is 654 g/mol. The average molecular weight is 702 g/mol. The van der Waals surface area contributed by atoms with Crippen molar-refractivity contribution in [2.24, 2.45) is 5.92 Å². The predicted octanol–water partition coefficient (Wildman–Crippen LogP) is 8.08. The summed E-state index contributed by atoms with van der Waals surface area (Å²) in [5.74, 6) is -0.549. The number of hydrogen-bond donors (Lipinski definition) is 3. The number of anilines is 1. The number of ether oxygens (including phenoxy) is 1. The second-order valence-electron chi connectivity index (χ2n) is 15.0. The van der Waals surface area contributed by atoms with Crippen molar-refractivity contribution >= 4 is 28.7 Å². The maximum absolute atomic E-state index is 15.6. The molecule has 0 bridgehead atoms. The molecule has 1 aromatic heterocycles. The summed E-state index contributed by atoms with van der Waals surface area (Å²) in [7, 11) is -1.46. The van der Waals surface area contributed by atoms with Gasteiger partial charge >= 0.3 is 6.09 Å². The van der Waals surface area contributed by atoms with Gasteiger partial charge in [-0.05, 0) is 114 Å². The van der Waals surface area contributed by atoms with Gasteiger partial charge in [0.2, 0.25) is 0 Å². The maximum atomic E-state index is 15.6. The Labute approximate surface area is 297 Å². The topological polar surface area (TPSA) is 114 Å². The number of nitrogens with zero attached hydrogens (tertiary/aromatic N) is 2. The summed E-state index contributed by atoms with van der Waals surface area (Å²) in [6.07, 6.45) is 3.34. The van der Waals surface area contributed by atoms with Crippen LogP contribution in [0, 0.1) is 18.7 Å². The Bertz CT molecular complexity index is 1860. The Morgan fingerprint density at radius 2 is 1.66 bits per heavy atom. The quantitative estimate of drug-likeness (QED) is 0.138. The van der Waals surface area contributed by atoms with Crippen molar-refractivity contribution in [2.45, 2.75) is 96.6 Å². The van der Waals surface area contributed by atoms with Crippen molar-refractivity contribution in [3.8, 4) is 5.69 Å². The van der Waals surface area contributed by atoms with Crippen LogP contribution in [0.3, 0.4) is 0 Å². The van der Waals surface area contributed by atoms with E-state index in [1.54, 1.807) is 52.0 Å². The number of amides is 2. The SMILES string of the molecule is Cc1cc(C(=O)Nc2cc(C(CCC3CC3)(N[S@](=O)C(C)(C)C)c3ccccc3)ccc2F)n(-c2cccc(CNC(=O)OC(C)(C)C)c2)n1. The van der Waals surface area contributed by atoms with Gasteiger partial charge in [-0.25, -0.2) is 22.8 Å². The molecule has 0 saturated heterocycles. The molecule has 3 N–H and O–H groups in total. The van der Waals surface area contributed by atoms with Crippen molar-refractivity contribution in [2.75, 3.05) is 5.32 Å². The third kappa shape index (κ3) is 9.25. The fraction of sp³-hybridized carbons (Fsp3) is 0.410. The second-order valence-corrected chi connectivity index (χ2v) is 17.0. The first-order valence-corrected chi connectivity index (χ1v) is 18.2. The fourth-order valence-corrected chi connectivity index (χ4v) is 6.66. The number of benzene rings is 3. The minimum Gasteiger partial charge on any atom is -0.444 e. The summed E-state index contributed by atoms with van der Waals surface area (Å²) >= 11 is 0. The molecule has 1 aliphatic rings. The largest absolute Gasteiger partial charge is 0.444 e. The molecule has 2 amide bonds. The van der Waals surface area contributed by atoms with E-state index in [0.29, 0.717) is 29.3 Å². The zero-order chi connectivity index (χ0) is 36.3. The van der Waals surface area contributed by atoms with Crippen LogP contribution in [0.4, 0.5) is 14.9 Å².